The summed E-state index contributed by atoms with van der Waals surface area (Å²) in [5.74, 6) is -2.90. The van der Waals surface area contributed by atoms with Gasteiger partial charge in [0.1, 0.15) is 0 Å². The Morgan fingerprint density at radius 1 is 1.39 bits per heavy atom. The summed E-state index contributed by atoms with van der Waals surface area (Å²) < 4.78 is 26.0. The third-order valence-electron chi connectivity index (χ3n) is 2.31. The first-order valence-electron chi connectivity index (χ1n) is 5.11. The van der Waals surface area contributed by atoms with Gasteiger partial charge in [0.05, 0.1) is 17.1 Å². The van der Waals surface area contributed by atoms with E-state index in [4.69, 9.17) is 5.11 Å². The topological polar surface area (TPSA) is 50.2 Å². The molecule has 0 saturated carbocycles. The highest BCUT2D eigenvalue weighted by Gasteiger charge is 2.15. The van der Waals surface area contributed by atoms with Crippen molar-refractivity contribution in [3.05, 3.63) is 39.7 Å². The van der Waals surface area contributed by atoms with Crippen LogP contribution in [0.15, 0.2) is 18.2 Å². The first-order chi connectivity index (χ1) is 8.47. The lowest BCUT2D eigenvalue weighted by molar-refractivity contribution is -0.136. The lowest BCUT2D eigenvalue weighted by Gasteiger charge is -2.01. The zero-order valence-corrected chi connectivity index (χ0v) is 10.2. The predicted molar refractivity (Wildman–Crippen MR) is 63.5 cm³/mol. The van der Waals surface area contributed by atoms with Crippen molar-refractivity contribution in [3.63, 3.8) is 0 Å². The van der Waals surface area contributed by atoms with Crippen LogP contribution in [0.1, 0.15) is 9.88 Å². The number of hydrogen-bond donors (Lipinski definition) is 1. The number of aromatic nitrogens is 1. The monoisotopic (exact) mass is 269 g/mol. The van der Waals surface area contributed by atoms with Gasteiger partial charge >= 0.3 is 5.97 Å². The minimum absolute atomic E-state index is 0.181. The molecule has 18 heavy (non-hydrogen) atoms. The minimum atomic E-state index is -0.984. The zero-order chi connectivity index (χ0) is 13.3. The molecule has 94 valence electrons. The first-order valence-corrected chi connectivity index (χ1v) is 5.92. The maximum atomic E-state index is 13.2. The number of aryl methyl sites for hydroxylation is 1. The van der Waals surface area contributed by atoms with Crippen molar-refractivity contribution in [1.82, 2.24) is 4.98 Å². The van der Waals surface area contributed by atoms with E-state index in [2.05, 4.69) is 4.98 Å². The van der Waals surface area contributed by atoms with Crippen LogP contribution in [-0.2, 0) is 11.2 Å². The molecule has 1 aromatic carbocycles. The van der Waals surface area contributed by atoms with Gasteiger partial charge in [0.2, 0.25) is 0 Å². The fraction of sp³-hybridized carbons (Fsp3) is 0.167. The number of thiazole rings is 1. The molecule has 0 atom stereocenters. The molecular formula is C12H9F2NO2S. The van der Waals surface area contributed by atoms with Crippen LogP contribution in [0, 0.1) is 18.6 Å². The maximum absolute atomic E-state index is 13.2. The second kappa shape index (κ2) is 4.81. The van der Waals surface area contributed by atoms with Gasteiger partial charge in [-0.05, 0) is 25.1 Å². The highest BCUT2D eigenvalue weighted by atomic mass is 32.1. The summed E-state index contributed by atoms with van der Waals surface area (Å²) >= 11 is 1.24. The number of carboxylic acid groups (broad SMARTS) is 1. The van der Waals surface area contributed by atoms with Gasteiger partial charge in [0, 0.05) is 10.4 Å². The molecule has 0 aliphatic carbocycles. The molecule has 2 rings (SSSR count). The molecule has 0 saturated heterocycles. The Kier molecular flexibility index (Phi) is 3.38. The second-order valence-corrected chi connectivity index (χ2v) is 4.99. The average molecular weight is 269 g/mol. The van der Waals surface area contributed by atoms with Crippen molar-refractivity contribution in [2.75, 3.05) is 0 Å². The third kappa shape index (κ3) is 2.53. The third-order valence-corrected chi connectivity index (χ3v) is 3.28. The molecule has 0 spiro atoms. The molecule has 0 unspecified atom stereocenters. The molecule has 0 amide bonds. The van der Waals surface area contributed by atoms with Crippen molar-refractivity contribution in [1.29, 1.82) is 0 Å². The van der Waals surface area contributed by atoms with E-state index in [-0.39, 0.29) is 6.42 Å². The number of hydrogen-bond acceptors (Lipinski definition) is 3. The molecule has 3 nitrogen and oxygen atoms in total. The SMILES string of the molecule is Cc1nc(-c2ccc(F)c(F)c2)c(CC(=O)O)s1. The molecule has 0 aliphatic heterocycles. The number of benzene rings is 1. The van der Waals surface area contributed by atoms with Crippen molar-refractivity contribution < 1.29 is 18.7 Å². The lowest BCUT2D eigenvalue weighted by atomic mass is 10.1. The van der Waals surface area contributed by atoms with E-state index in [0.29, 0.717) is 21.1 Å². The van der Waals surface area contributed by atoms with Gasteiger partial charge in [-0.15, -0.1) is 11.3 Å². The Labute approximate surface area is 106 Å². The summed E-state index contributed by atoms with van der Waals surface area (Å²) in [4.78, 5) is 15.4. The largest absolute Gasteiger partial charge is 0.481 e. The highest BCUT2D eigenvalue weighted by molar-refractivity contribution is 7.12. The molecule has 0 radical (unpaired) electrons. The minimum Gasteiger partial charge on any atom is -0.481 e. The van der Waals surface area contributed by atoms with Crippen molar-refractivity contribution in [2.24, 2.45) is 0 Å². The van der Waals surface area contributed by atoms with Crippen LogP contribution < -0.4 is 0 Å². The van der Waals surface area contributed by atoms with Gasteiger partial charge in [-0.3, -0.25) is 4.79 Å². The fourth-order valence-corrected chi connectivity index (χ4v) is 2.54. The molecular weight excluding hydrogens is 260 g/mol. The quantitative estimate of drug-likeness (QED) is 0.931. The summed E-state index contributed by atoms with van der Waals surface area (Å²) in [7, 11) is 0. The predicted octanol–water partition coefficient (Wildman–Crippen LogP) is 3.02. The lowest BCUT2D eigenvalue weighted by Crippen LogP contribution is -1.99. The van der Waals surface area contributed by atoms with Crippen LogP contribution in [0.4, 0.5) is 8.78 Å². The van der Waals surface area contributed by atoms with E-state index >= 15 is 0 Å². The number of nitrogens with zero attached hydrogens (tertiary/aromatic N) is 1. The van der Waals surface area contributed by atoms with Crippen LogP contribution in [-0.4, -0.2) is 16.1 Å². The van der Waals surface area contributed by atoms with Crippen LogP contribution >= 0.6 is 11.3 Å². The van der Waals surface area contributed by atoms with Crippen LogP contribution in [0.3, 0.4) is 0 Å². The van der Waals surface area contributed by atoms with E-state index in [0.717, 1.165) is 12.1 Å². The van der Waals surface area contributed by atoms with E-state index < -0.39 is 17.6 Å². The first kappa shape index (κ1) is 12.6. The highest BCUT2D eigenvalue weighted by Crippen LogP contribution is 2.29. The molecule has 0 bridgehead atoms. The maximum Gasteiger partial charge on any atom is 0.308 e. The Morgan fingerprint density at radius 3 is 2.72 bits per heavy atom. The molecule has 0 fully saturated rings. The Morgan fingerprint density at radius 2 is 2.11 bits per heavy atom. The smallest absolute Gasteiger partial charge is 0.308 e. The van der Waals surface area contributed by atoms with Crippen molar-refractivity contribution >= 4 is 17.3 Å². The molecule has 0 aliphatic rings. The van der Waals surface area contributed by atoms with Gasteiger partial charge in [-0.1, -0.05) is 0 Å². The molecule has 2 aromatic rings. The standard InChI is InChI=1S/C12H9F2NO2S/c1-6-15-12(10(18-6)5-11(16)17)7-2-3-8(13)9(14)4-7/h2-4H,5H2,1H3,(H,16,17). The van der Waals surface area contributed by atoms with E-state index in [9.17, 15) is 13.6 Å². The Hall–Kier alpha value is -1.82. The van der Waals surface area contributed by atoms with Gasteiger partial charge in [-0.25, -0.2) is 13.8 Å². The van der Waals surface area contributed by atoms with Crippen LogP contribution in [0.2, 0.25) is 0 Å². The number of halogens is 2. The number of carboxylic acids is 1. The van der Waals surface area contributed by atoms with E-state index in [1.165, 1.54) is 17.4 Å². The van der Waals surface area contributed by atoms with E-state index in [1.807, 2.05) is 0 Å². The Bertz CT molecular complexity index is 610. The van der Waals surface area contributed by atoms with Crippen LogP contribution in [0.5, 0.6) is 0 Å². The number of aliphatic carboxylic acids is 1. The van der Waals surface area contributed by atoms with Gasteiger partial charge in [-0.2, -0.15) is 0 Å². The normalized spacial score (nSPS) is 10.6. The van der Waals surface area contributed by atoms with E-state index in [1.54, 1.807) is 6.92 Å². The summed E-state index contributed by atoms with van der Waals surface area (Å²) in [6.07, 6.45) is -0.181. The van der Waals surface area contributed by atoms with Gasteiger partial charge in [0.25, 0.3) is 0 Å². The second-order valence-electron chi connectivity index (χ2n) is 3.70. The van der Waals surface area contributed by atoms with Crippen molar-refractivity contribution in [2.45, 2.75) is 13.3 Å². The summed E-state index contributed by atoms with van der Waals surface area (Å²) in [6.45, 7) is 1.74. The number of carbonyl (C=O) groups is 1. The summed E-state index contributed by atoms with van der Waals surface area (Å²) in [6, 6.07) is 3.41. The van der Waals surface area contributed by atoms with Gasteiger partial charge in [0.15, 0.2) is 11.6 Å². The fourth-order valence-electron chi connectivity index (χ4n) is 1.60. The van der Waals surface area contributed by atoms with Crippen LogP contribution in [0.25, 0.3) is 11.3 Å². The number of rotatable bonds is 3. The summed E-state index contributed by atoms with van der Waals surface area (Å²) in [5.41, 5.74) is 0.785. The summed E-state index contributed by atoms with van der Waals surface area (Å²) in [5, 5.41) is 9.48. The molecule has 1 N–H and O–H groups in total. The molecule has 6 heteroatoms. The van der Waals surface area contributed by atoms with Gasteiger partial charge < -0.3 is 5.11 Å². The molecule has 1 aromatic heterocycles. The molecule has 1 heterocycles. The zero-order valence-electron chi connectivity index (χ0n) is 9.41. The Balaban J connectivity index is 2.49. The van der Waals surface area contributed by atoms with Crippen molar-refractivity contribution in [3.8, 4) is 11.3 Å². The average Bonchev–Trinajstić information content (AvgIpc) is 2.62.